The van der Waals surface area contributed by atoms with Crippen LogP contribution in [0.2, 0.25) is 0 Å². The van der Waals surface area contributed by atoms with Gasteiger partial charge >= 0.3 is 7.12 Å². The van der Waals surface area contributed by atoms with E-state index < -0.39 is 0 Å². The zero-order valence-corrected chi connectivity index (χ0v) is 16.0. The Kier molecular flexibility index (Phi) is 4.82. The molecule has 0 aromatic heterocycles. The second kappa shape index (κ2) is 6.45. The third kappa shape index (κ3) is 3.55. The van der Waals surface area contributed by atoms with Gasteiger partial charge in [0, 0.05) is 25.7 Å². The van der Waals surface area contributed by atoms with Gasteiger partial charge in [-0.3, -0.25) is 4.90 Å². The Hall–Kier alpha value is -0.875. The highest BCUT2D eigenvalue weighted by Crippen LogP contribution is 2.36. The summed E-state index contributed by atoms with van der Waals surface area (Å²) in [4.78, 5) is 4.87. The van der Waals surface area contributed by atoms with Crippen molar-refractivity contribution in [3.8, 4) is 0 Å². The molecule has 0 N–H and O–H groups in total. The fourth-order valence-electron chi connectivity index (χ4n) is 3.45. The monoisotopic (exact) mass is 330 g/mol. The van der Waals surface area contributed by atoms with Gasteiger partial charge in [0.2, 0.25) is 0 Å². The molecule has 2 aliphatic heterocycles. The van der Waals surface area contributed by atoms with Crippen LogP contribution in [-0.4, -0.2) is 61.3 Å². The van der Waals surface area contributed by atoms with Crippen LogP contribution in [0.4, 0.5) is 0 Å². The predicted octanol–water partition coefficient (Wildman–Crippen LogP) is 2.12. The molecule has 5 heteroatoms. The second-order valence-electron chi connectivity index (χ2n) is 8.47. The van der Waals surface area contributed by atoms with Gasteiger partial charge in [0.25, 0.3) is 0 Å². The Morgan fingerprint density at radius 1 is 1.17 bits per heavy atom. The highest BCUT2D eigenvalue weighted by Gasteiger charge is 2.51. The van der Waals surface area contributed by atoms with Crippen LogP contribution >= 0.6 is 0 Å². The first-order valence-corrected chi connectivity index (χ1v) is 9.01. The van der Waals surface area contributed by atoms with Crippen LogP contribution in [0.3, 0.4) is 0 Å². The summed E-state index contributed by atoms with van der Waals surface area (Å²) in [5.74, 6) is 0. The Balaban J connectivity index is 1.68. The van der Waals surface area contributed by atoms with Gasteiger partial charge in [-0.05, 0) is 59.2 Å². The summed E-state index contributed by atoms with van der Waals surface area (Å²) in [5.41, 5.74) is 1.87. The topological polar surface area (TPSA) is 24.9 Å². The molecular weight excluding hydrogens is 299 g/mol. The molecule has 1 unspecified atom stereocenters. The molecule has 132 valence electrons. The average Bonchev–Trinajstić information content (AvgIpc) is 3.02. The third-order valence-electron chi connectivity index (χ3n) is 5.86. The molecule has 1 aromatic carbocycles. The predicted molar refractivity (Wildman–Crippen MR) is 99.5 cm³/mol. The van der Waals surface area contributed by atoms with Crippen LogP contribution in [0.15, 0.2) is 24.3 Å². The third-order valence-corrected chi connectivity index (χ3v) is 5.86. The fourth-order valence-corrected chi connectivity index (χ4v) is 3.45. The van der Waals surface area contributed by atoms with E-state index in [4.69, 9.17) is 9.31 Å². The zero-order valence-electron chi connectivity index (χ0n) is 16.0. The van der Waals surface area contributed by atoms with E-state index in [0.717, 1.165) is 18.6 Å². The first-order valence-electron chi connectivity index (χ1n) is 9.01. The smallest absolute Gasteiger partial charge is 0.399 e. The molecule has 1 aromatic rings. The van der Waals surface area contributed by atoms with Crippen LogP contribution in [-0.2, 0) is 15.9 Å². The van der Waals surface area contributed by atoms with Crippen molar-refractivity contribution in [1.82, 2.24) is 9.80 Å². The molecule has 2 heterocycles. The minimum absolute atomic E-state index is 0.275. The maximum absolute atomic E-state index is 6.18. The van der Waals surface area contributed by atoms with Gasteiger partial charge in [-0.1, -0.05) is 24.3 Å². The lowest BCUT2D eigenvalue weighted by atomic mass is 9.78. The number of benzene rings is 1. The van der Waals surface area contributed by atoms with E-state index in [0.29, 0.717) is 6.04 Å². The van der Waals surface area contributed by atoms with Crippen LogP contribution in [0.5, 0.6) is 0 Å². The summed E-state index contributed by atoms with van der Waals surface area (Å²) in [5, 5.41) is 0. The van der Waals surface area contributed by atoms with Gasteiger partial charge in [0.15, 0.2) is 0 Å². The SMILES string of the molecule is CN(C)C1CCN(Cc2cccc(B3OC(C)(C)C(C)(C)O3)c2)C1. The molecule has 0 amide bonds. The Labute approximate surface area is 147 Å². The van der Waals surface area contributed by atoms with Gasteiger partial charge in [-0.25, -0.2) is 0 Å². The molecule has 1 atom stereocenters. The Morgan fingerprint density at radius 2 is 1.83 bits per heavy atom. The van der Waals surface area contributed by atoms with E-state index in [2.05, 4.69) is 75.9 Å². The van der Waals surface area contributed by atoms with Crippen molar-refractivity contribution in [2.45, 2.75) is 57.9 Å². The maximum atomic E-state index is 6.18. The number of hydrogen-bond acceptors (Lipinski definition) is 4. The summed E-state index contributed by atoms with van der Waals surface area (Å²) >= 11 is 0. The van der Waals surface area contributed by atoms with Gasteiger partial charge in [0.1, 0.15) is 0 Å². The molecule has 3 rings (SSSR count). The van der Waals surface area contributed by atoms with Crippen molar-refractivity contribution < 1.29 is 9.31 Å². The lowest BCUT2D eigenvalue weighted by molar-refractivity contribution is 0.00578. The number of nitrogens with zero attached hydrogens (tertiary/aromatic N) is 2. The molecule has 4 nitrogen and oxygen atoms in total. The molecule has 0 spiro atoms. The number of likely N-dealkylation sites (tertiary alicyclic amines) is 1. The largest absolute Gasteiger partial charge is 0.494 e. The first kappa shape index (κ1) is 17.9. The number of likely N-dealkylation sites (N-methyl/N-ethyl adjacent to an activating group) is 1. The fraction of sp³-hybridized carbons (Fsp3) is 0.684. The van der Waals surface area contributed by atoms with E-state index >= 15 is 0 Å². The quantitative estimate of drug-likeness (QED) is 0.790. The molecule has 24 heavy (non-hydrogen) atoms. The van der Waals surface area contributed by atoms with Crippen LogP contribution in [0.1, 0.15) is 39.7 Å². The van der Waals surface area contributed by atoms with Crippen molar-refractivity contribution >= 4 is 12.6 Å². The highest BCUT2D eigenvalue weighted by atomic mass is 16.7. The Morgan fingerprint density at radius 3 is 2.42 bits per heavy atom. The van der Waals surface area contributed by atoms with Crippen molar-refractivity contribution in [3.05, 3.63) is 29.8 Å². The lowest BCUT2D eigenvalue weighted by Gasteiger charge is -2.32. The zero-order chi connectivity index (χ0) is 17.5. The summed E-state index contributed by atoms with van der Waals surface area (Å²) in [6, 6.07) is 9.35. The Bertz CT molecular complexity index is 572. The van der Waals surface area contributed by atoms with E-state index in [9.17, 15) is 0 Å². The lowest BCUT2D eigenvalue weighted by Crippen LogP contribution is -2.41. The van der Waals surface area contributed by atoms with Crippen LogP contribution in [0, 0.1) is 0 Å². The molecule has 0 saturated carbocycles. The number of hydrogen-bond donors (Lipinski definition) is 0. The van der Waals surface area contributed by atoms with Crippen molar-refractivity contribution in [1.29, 1.82) is 0 Å². The molecule has 0 radical (unpaired) electrons. The summed E-state index contributed by atoms with van der Waals surface area (Å²) < 4.78 is 12.4. The molecule has 2 aliphatic rings. The first-order chi connectivity index (χ1) is 11.2. The summed E-state index contributed by atoms with van der Waals surface area (Å²) in [6.45, 7) is 11.7. The van der Waals surface area contributed by atoms with Crippen LogP contribution in [0.25, 0.3) is 0 Å². The van der Waals surface area contributed by atoms with E-state index in [-0.39, 0.29) is 18.3 Å². The van der Waals surface area contributed by atoms with Gasteiger partial charge < -0.3 is 14.2 Å². The molecular formula is C19H31BN2O2. The van der Waals surface area contributed by atoms with E-state index in [1.54, 1.807) is 0 Å². The van der Waals surface area contributed by atoms with Crippen LogP contribution < -0.4 is 5.46 Å². The van der Waals surface area contributed by atoms with Crippen molar-refractivity contribution in [2.24, 2.45) is 0 Å². The highest BCUT2D eigenvalue weighted by molar-refractivity contribution is 6.62. The normalized spacial score (nSPS) is 26.5. The minimum Gasteiger partial charge on any atom is -0.399 e. The average molecular weight is 330 g/mol. The minimum atomic E-state index is -0.290. The van der Waals surface area contributed by atoms with Crippen molar-refractivity contribution in [2.75, 3.05) is 27.2 Å². The van der Waals surface area contributed by atoms with E-state index in [1.165, 1.54) is 18.5 Å². The maximum Gasteiger partial charge on any atom is 0.494 e. The van der Waals surface area contributed by atoms with Gasteiger partial charge in [-0.15, -0.1) is 0 Å². The van der Waals surface area contributed by atoms with Crippen molar-refractivity contribution in [3.63, 3.8) is 0 Å². The van der Waals surface area contributed by atoms with Gasteiger partial charge in [-0.2, -0.15) is 0 Å². The van der Waals surface area contributed by atoms with Gasteiger partial charge in [0.05, 0.1) is 11.2 Å². The molecule has 2 fully saturated rings. The standard InChI is InChI=1S/C19H31BN2O2/c1-18(2)19(3,4)24-20(23-18)16-9-7-8-15(12-16)13-22-11-10-17(14-22)21(5)6/h7-9,12,17H,10-11,13-14H2,1-6H3. The summed E-state index contributed by atoms with van der Waals surface area (Å²) in [6.07, 6.45) is 1.25. The molecule has 0 aliphatic carbocycles. The molecule has 2 saturated heterocycles. The number of rotatable bonds is 4. The van der Waals surface area contributed by atoms with E-state index in [1.807, 2.05) is 0 Å². The second-order valence-corrected chi connectivity index (χ2v) is 8.47. The molecule has 0 bridgehead atoms. The summed E-state index contributed by atoms with van der Waals surface area (Å²) in [7, 11) is 4.07.